The van der Waals surface area contributed by atoms with E-state index in [4.69, 9.17) is 14.5 Å². The minimum absolute atomic E-state index is 0.0317. The molecular formula is C29H35F2N4O7PS. The highest BCUT2D eigenvalue weighted by Gasteiger charge is 2.52. The summed E-state index contributed by atoms with van der Waals surface area (Å²) in [4.78, 5) is 65.6. The van der Waals surface area contributed by atoms with E-state index in [2.05, 4.69) is 10.2 Å². The Bertz CT molecular complexity index is 1540. The standard InChI is InChI=1S/C29H35F2N4O7PS/c30-29(31,43(39,40)41)19-1-4-24-18(10-19)13-25(44-24)26(36)32-22-12-17-9-16(17)11-20-2-3-23(35(20)27(22)37)28(38)34-7-5-33(6-8-34)21-14-42-15-21/h1,4,10,13,16-17,20-23H,2-3,5-9,11-12,14-15H2,(H,32,36)(H2,39,40,41)/t16-,17+,20-,22+,23+/m1/s1. The summed E-state index contributed by atoms with van der Waals surface area (Å²) in [6.07, 6.45) is 3.68. The first-order chi connectivity index (χ1) is 20.9. The first-order valence-corrected chi connectivity index (χ1v) is 17.5. The second kappa shape index (κ2) is 11.1. The van der Waals surface area contributed by atoms with Gasteiger partial charge in [-0.2, -0.15) is 8.78 Å². The van der Waals surface area contributed by atoms with Crippen LogP contribution in [0.25, 0.3) is 10.1 Å². The Morgan fingerprint density at radius 2 is 1.73 bits per heavy atom. The van der Waals surface area contributed by atoms with Crippen LogP contribution in [0.15, 0.2) is 24.3 Å². The summed E-state index contributed by atoms with van der Waals surface area (Å²) in [6, 6.07) is 3.61. The van der Waals surface area contributed by atoms with Gasteiger partial charge in [-0.1, -0.05) is 6.07 Å². The highest BCUT2D eigenvalue weighted by Crippen LogP contribution is 2.59. The van der Waals surface area contributed by atoms with Crippen LogP contribution in [0.4, 0.5) is 8.78 Å². The van der Waals surface area contributed by atoms with Crippen LogP contribution in [0, 0.1) is 11.8 Å². The minimum atomic E-state index is -5.74. The average Bonchev–Trinajstić information content (AvgIpc) is 3.33. The lowest BCUT2D eigenvalue weighted by atomic mass is 9.99. The molecule has 238 valence electrons. The van der Waals surface area contributed by atoms with E-state index >= 15 is 0 Å². The maximum atomic E-state index is 14.3. The van der Waals surface area contributed by atoms with E-state index in [-0.39, 0.29) is 28.1 Å². The first-order valence-electron chi connectivity index (χ1n) is 15.1. The molecule has 1 aliphatic carbocycles. The number of hydrogen-bond donors (Lipinski definition) is 3. The number of nitrogens with one attached hydrogen (secondary N) is 1. The van der Waals surface area contributed by atoms with Crippen molar-refractivity contribution in [3.05, 3.63) is 34.7 Å². The van der Waals surface area contributed by atoms with Gasteiger partial charge >= 0.3 is 13.3 Å². The fourth-order valence-electron chi connectivity index (χ4n) is 7.32. The van der Waals surface area contributed by atoms with Gasteiger partial charge in [0, 0.05) is 42.5 Å². The molecule has 3 N–H and O–H groups in total. The number of halogens is 2. The van der Waals surface area contributed by atoms with E-state index in [0.717, 1.165) is 69.0 Å². The van der Waals surface area contributed by atoms with Crippen LogP contribution in [0.3, 0.4) is 0 Å². The van der Waals surface area contributed by atoms with Gasteiger partial charge in [0.1, 0.15) is 12.1 Å². The van der Waals surface area contributed by atoms with Crippen molar-refractivity contribution in [1.29, 1.82) is 0 Å². The van der Waals surface area contributed by atoms with Crippen molar-refractivity contribution in [2.75, 3.05) is 39.4 Å². The number of carbonyl (C=O) groups excluding carboxylic acids is 3. The third-order valence-electron chi connectivity index (χ3n) is 10.0. The Balaban J connectivity index is 1.07. The third kappa shape index (κ3) is 5.37. The number of thiophene rings is 1. The smallest absolute Gasteiger partial charge is 0.378 e. The van der Waals surface area contributed by atoms with Crippen LogP contribution in [0.2, 0.25) is 0 Å². The SMILES string of the molecule is O=C(N[C@H]1C[C@@H]2C[C@@H]2C[C@H]2CC[C@@H](C(=O)N3CCN(C4COC4)CC3)N2C1=O)c1cc2cc(C(F)(F)P(=O)(O)O)ccc2s1. The molecule has 2 aromatic rings. The van der Waals surface area contributed by atoms with Gasteiger partial charge < -0.3 is 29.6 Å². The van der Waals surface area contributed by atoms with Crippen LogP contribution in [0.5, 0.6) is 0 Å². The molecule has 7 rings (SSSR count). The van der Waals surface area contributed by atoms with Gasteiger partial charge in [-0.3, -0.25) is 23.8 Å². The van der Waals surface area contributed by atoms with Crippen molar-refractivity contribution < 1.29 is 42.3 Å². The van der Waals surface area contributed by atoms with E-state index in [0.29, 0.717) is 48.5 Å². The van der Waals surface area contributed by atoms with Gasteiger partial charge in [-0.25, -0.2) is 0 Å². The van der Waals surface area contributed by atoms with Gasteiger partial charge in [0.15, 0.2) is 0 Å². The first kappa shape index (κ1) is 30.2. The van der Waals surface area contributed by atoms with Gasteiger partial charge in [0.25, 0.3) is 5.91 Å². The largest absolute Gasteiger partial charge is 0.399 e. The van der Waals surface area contributed by atoms with Crippen LogP contribution < -0.4 is 5.32 Å². The van der Waals surface area contributed by atoms with Gasteiger partial charge in [0.05, 0.1) is 24.1 Å². The van der Waals surface area contributed by atoms with Gasteiger partial charge in [-0.05, 0) is 67.5 Å². The lowest BCUT2D eigenvalue weighted by Crippen LogP contribution is -2.61. The summed E-state index contributed by atoms with van der Waals surface area (Å²) in [7, 11) is -5.74. The quantitative estimate of drug-likeness (QED) is 0.405. The molecule has 5 atom stereocenters. The highest BCUT2D eigenvalue weighted by molar-refractivity contribution is 7.52. The van der Waals surface area contributed by atoms with E-state index in [1.165, 1.54) is 12.1 Å². The molecule has 11 nitrogen and oxygen atoms in total. The summed E-state index contributed by atoms with van der Waals surface area (Å²) in [5.74, 6) is -0.0318. The van der Waals surface area contributed by atoms with Crippen molar-refractivity contribution in [3.8, 4) is 0 Å². The Labute approximate surface area is 256 Å². The molecule has 0 radical (unpaired) electrons. The van der Waals surface area contributed by atoms with Gasteiger partial charge in [-0.15, -0.1) is 11.3 Å². The fourth-order valence-corrected chi connectivity index (χ4v) is 8.75. The molecule has 44 heavy (non-hydrogen) atoms. The monoisotopic (exact) mass is 652 g/mol. The molecular weight excluding hydrogens is 617 g/mol. The molecule has 1 saturated carbocycles. The molecule has 4 saturated heterocycles. The van der Waals surface area contributed by atoms with E-state index < -0.39 is 36.8 Å². The zero-order valence-electron chi connectivity index (χ0n) is 23.9. The molecule has 15 heteroatoms. The number of nitrogens with zero attached hydrogens (tertiary/aromatic N) is 3. The van der Waals surface area contributed by atoms with Gasteiger partial charge in [0.2, 0.25) is 11.8 Å². The molecule has 5 fully saturated rings. The predicted octanol–water partition coefficient (Wildman–Crippen LogP) is 2.56. The number of amides is 3. The number of hydrogen-bond acceptors (Lipinski definition) is 7. The number of piperazine rings is 1. The predicted molar refractivity (Wildman–Crippen MR) is 156 cm³/mol. The maximum Gasteiger partial charge on any atom is 0.399 e. The van der Waals surface area contributed by atoms with Crippen molar-refractivity contribution in [2.24, 2.45) is 11.8 Å². The Hall–Kier alpha value is -2.48. The number of carbonyl (C=O) groups is 3. The molecule has 0 unspecified atom stereocenters. The van der Waals surface area contributed by atoms with Crippen molar-refractivity contribution in [2.45, 2.75) is 61.9 Å². The molecule has 1 aromatic carbocycles. The number of rotatable bonds is 6. The van der Waals surface area contributed by atoms with Crippen molar-refractivity contribution >= 4 is 46.7 Å². The number of fused-ring (bicyclic) bond motifs is 3. The lowest BCUT2D eigenvalue weighted by molar-refractivity contribution is -0.149. The topological polar surface area (TPSA) is 140 Å². The molecule has 4 aliphatic heterocycles. The normalized spacial score (nSPS) is 29.9. The maximum absolute atomic E-state index is 14.3. The van der Waals surface area contributed by atoms with E-state index in [1.54, 1.807) is 4.90 Å². The Morgan fingerprint density at radius 1 is 1.00 bits per heavy atom. The molecule has 5 heterocycles. The second-order valence-corrected chi connectivity index (χ2v) is 15.5. The minimum Gasteiger partial charge on any atom is -0.378 e. The number of alkyl halides is 2. The third-order valence-corrected chi connectivity index (χ3v) is 12.1. The number of benzene rings is 1. The van der Waals surface area contributed by atoms with Crippen molar-refractivity contribution in [1.82, 2.24) is 20.0 Å². The number of ether oxygens (including phenoxy) is 1. The zero-order valence-corrected chi connectivity index (χ0v) is 25.7. The van der Waals surface area contributed by atoms with E-state index in [9.17, 15) is 27.7 Å². The molecule has 0 bridgehead atoms. The van der Waals surface area contributed by atoms with Crippen LogP contribution in [0.1, 0.15) is 47.3 Å². The molecule has 1 aromatic heterocycles. The van der Waals surface area contributed by atoms with Crippen LogP contribution in [-0.4, -0.2) is 106 Å². The molecule has 5 aliphatic rings. The Morgan fingerprint density at radius 3 is 2.41 bits per heavy atom. The van der Waals surface area contributed by atoms with Crippen LogP contribution in [-0.2, 0) is 24.6 Å². The zero-order chi connectivity index (χ0) is 31.0. The summed E-state index contributed by atoms with van der Waals surface area (Å²) in [5.41, 5.74) is -5.20. The summed E-state index contributed by atoms with van der Waals surface area (Å²) >= 11 is 1.05. The second-order valence-electron chi connectivity index (χ2n) is 12.7. The van der Waals surface area contributed by atoms with Crippen LogP contribution >= 0.6 is 18.9 Å². The lowest BCUT2D eigenvalue weighted by Gasteiger charge is -2.44. The fraction of sp³-hybridized carbons (Fsp3) is 0.621. The summed E-state index contributed by atoms with van der Waals surface area (Å²) in [5, 5.41) is 3.13. The molecule has 3 amide bonds. The summed E-state index contributed by atoms with van der Waals surface area (Å²) in [6.45, 7) is 4.23. The summed E-state index contributed by atoms with van der Waals surface area (Å²) < 4.78 is 45.7. The van der Waals surface area contributed by atoms with E-state index in [1.807, 2.05) is 4.90 Å². The van der Waals surface area contributed by atoms with Crippen molar-refractivity contribution in [3.63, 3.8) is 0 Å². The Kier molecular flexibility index (Phi) is 7.61. The highest BCUT2D eigenvalue weighted by atomic mass is 32.1. The molecule has 0 spiro atoms. The average molecular weight is 653 g/mol.